The van der Waals surface area contributed by atoms with E-state index in [4.69, 9.17) is 0 Å². The second-order valence-corrected chi connectivity index (χ2v) is 7.58. The summed E-state index contributed by atoms with van der Waals surface area (Å²) in [6.07, 6.45) is 4.53. The van der Waals surface area contributed by atoms with Crippen LogP contribution < -0.4 is 0 Å². The lowest BCUT2D eigenvalue weighted by Crippen LogP contribution is -2.03. The number of hydrogen-bond donors (Lipinski definition) is 0. The zero-order valence-electron chi connectivity index (χ0n) is 15.5. The van der Waals surface area contributed by atoms with Crippen molar-refractivity contribution >= 4 is 34.0 Å². The summed E-state index contributed by atoms with van der Waals surface area (Å²) in [6.45, 7) is 1.77. The molecule has 2 aromatic heterocycles. The van der Waals surface area contributed by atoms with Gasteiger partial charge in [0.15, 0.2) is 0 Å². The van der Waals surface area contributed by atoms with Crippen molar-refractivity contribution in [2.45, 2.75) is 13.1 Å². The number of rotatable bonds is 0. The van der Waals surface area contributed by atoms with Crippen molar-refractivity contribution in [2.75, 3.05) is 0 Å². The predicted octanol–water partition coefficient (Wildman–Crippen LogP) is 6.18. The van der Waals surface area contributed by atoms with Crippen LogP contribution in [0.1, 0.15) is 22.5 Å². The predicted molar refractivity (Wildman–Crippen MR) is 117 cm³/mol. The Morgan fingerprint density at radius 3 is 1.54 bits per heavy atom. The van der Waals surface area contributed by atoms with Crippen LogP contribution >= 0.6 is 0 Å². The highest BCUT2D eigenvalue weighted by Crippen LogP contribution is 2.27. The maximum Gasteiger partial charge on any atom is 0.0488 e. The summed E-state index contributed by atoms with van der Waals surface area (Å²) < 4.78 is 4.84. The SMILES string of the molecule is C1=C\c2cc3ccccc3n2Cc2cccc(c2)Cn2c/1cc1ccccc12. The minimum Gasteiger partial charge on any atom is -0.336 e. The first-order valence-electron chi connectivity index (χ1n) is 9.78. The molecule has 3 aromatic carbocycles. The molecule has 0 atom stereocenters. The van der Waals surface area contributed by atoms with E-state index in [1.807, 2.05) is 0 Å². The van der Waals surface area contributed by atoms with Crippen LogP contribution in [-0.2, 0) is 13.1 Å². The molecule has 2 heteroatoms. The van der Waals surface area contributed by atoms with Gasteiger partial charge in [-0.1, -0.05) is 60.7 Å². The molecular formula is C26H20N2. The molecular weight excluding hydrogens is 340 g/mol. The van der Waals surface area contributed by atoms with Crippen LogP contribution in [0.2, 0.25) is 0 Å². The third kappa shape index (κ3) is 2.42. The van der Waals surface area contributed by atoms with Gasteiger partial charge in [0.25, 0.3) is 0 Å². The lowest BCUT2D eigenvalue weighted by Gasteiger charge is -2.11. The highest BCUT2D eigenvalue weighted by molar-refractivity contribution is 5.88. The summed E-state index contributed by atoms with van der Waals surface area (Å²) in [6, 6.07) is 30.9. The van der Waals surface area contributed by atoms with Crippen molar-refractivity contribution in [1.29, 1.82) is 0 Å². The molecule has 1 aliphatic rings. The fourth-order valence-corrected chi connectivity index (χ4v) is 4.45. The molecule has 0 saturated carbocycles. The molecule has 2 nitrogen and oxygen atoms in total. The molecule has 5 aromatic rings. The Bertz CT molecular complexity index is 1260. The molecule has 0 amide bonds. The second kappa shape index (κ2) is 6.00. The van der Waals surface area contributed by atoms with E-state index in [-0.39, 0.29) is 0 Å². The number of fused-ring (bicyclic) bond motifs is 8. The van der Waals surface area contributed by atoms with Gasteiger partial charge in [0.05, 0.1) is 0 Å². The Morgan fingerprint density at radius 2 is 1.00 bits per heavy atom. The van der Waals surface area contributed by atoms with Crippen LogP contribution in [0.4, 0.5) is 0 Å². The van der Waals surface area contributed by atoms with Gasteiger partial charge in [-0.05, 0) is 47.5 Å². The van der Waals surface area contributed by atoms with Crippen LogP contribution in [0, 0.1) is 0 Å². The Morgan fingerprint density at radius 1 is 0.500 bits per heavy atom. The van der Waals surface area contributed by atoms with Crippen molar-refractivity contribution in [3.8, 4) is 0 Å². The van der Waals surface area contributed by atoms with Crippen LogP contribution in [0.5, 0.6) is 0 Å². The van der Waals surface area contributed by atoms with E-state index in [1.165, 1.54) is 44.3 Å². The van der Waals surface area contributed by atoms with Gasteiger partial charge in [0.2, 0.25) is 0 Å². The monoisotopic (exact) mass is 360 g/mol. The summed E-state index contributed by atoms with van der Waals surface area (Å²) in [4.78, 5) is 0. The largest absolute Gasteiger partial charge is 0.336 e. The van der Waals surface area contributed by atoms with Crippen molar-refractivity contribution in [1.82, 2.24) is 9.13 Å². The maximum atomic E-state index is 2.42. The van der Waals surface area contributed by atoms with Gasteiger partial charge < -0.3 is 9.13 Å². The first-order chi connectivity index (χ1) is 13.8. The van der Waals surface area contributed by atoms with Gasteiger partial charge in [-0.25, -0.2) is 0 Å². The normalized spacial score (nSPS) is 14.4. The van der Waals surface area contributed by atoms with Crippen molar-refractivity contribution in [3.05, 3.63) is 107 Å². The van der Waals surface area contributed by atoms with Gasteiger partial charge in [0.1, 0.15) is 0 Å². The fraction of sp³-hybridized carbons (Fsp3) is 0.0769. The van der Waals surface area contributed by atoms with Gasteiger partial charge in [-0.3, -0.25) is 0 Å². The average Bonchev–Trinajstić information content (AvgIpc) is 3.24. The molecule has 28 heavy (non-hydrogen) atoms. The fourth-order valence-electron chi connectivity index (χ4n) is 4.45. The maximum absolute atomic E-state index is 2.42. The molecule has 2 bridgehead atoms. The average molecular weight is 360 g/mol. The molecule has 0 radical (unpaired) electrons. The Hall–Kier alpha value is -3.52. The van der Waals surface area contributed by atoms with E-state index in [0.29, 0.717) is 0 Å². The molecule has 134 valence electrons. The zero-order valence-corrected chi connectivity index (χ0v) is 15.5. The van der Waals surface area contributed by atoms with E-state index >= 15 is 0 Å². The molecule has 0 saturated heterocycles. The van der Waals surface area contributed by atoms with E-state index in [0.717, 1.165) is 13.1 Å². The standard InChI is InChI=1S/C26H20N2/c1-3-10-25-21(8-1)15-23-12-13-24-16-22-9-2-4-11-26(22)28(24)18-20-7-5-6-19(14-20)17-27(23)25/h1-16H,17-18H2/b13-12-. The van der Waals surface area contributed by atoms with E-state index in [9.17, 15) is 0 Å². The van der Waals surface area contributed by atoms with E-state index in [2.05, 4.69) is 106 Å². The number of para-hydroxylation sites is 2. The van der Waals surface area contributed by atoms with E-state index < -0.39 is 0 Å². The highest BCUT2D eigenvalue weighted by atomic mass is 15.0. The third-order valence-corrected chi connectivity index (χ3v) is 5.78. The molecule has 0 unspecified atom stereocenters. The van der Waals surface area contributed by atoms with Gasteiger partial charge in [-0.2, -0.15) is 0 Å². The van der Waals surface area contributed by atoms with Crippen LogP contribution in [-0.4, -0.2) is 9.13 Å². The third-order valence-electron chi connectivity index (χ3n) is 5.78. The summed E-state index contributed by atoms with van der Waals surface area (Å²) in [5, 5.41) is 2.58. The second-order valence-electron chi connectivity index (χ2n) is 7.58. The summed E-state index contributed by atoms with van der Waals surface area (Å²) in [5.41, 5.74) is 7.73. The summed E-state index contributed by atoms with van der Waals surface area (Å²) >= 11 is 0. The van der Waals surface area contributed by atoms with Crippen molar-refractivity contribution in [3.63, 3.8) is 0 Å². The minimum atomic E-state index is 0.886. The number of benzene rings is 3. The summed E-state index contributed by atoms with van der Waals surface area (Å²) in [7, 11) is 0. The van der Waals surface area contributed by atoms with E-state index in [1.54, 1.807) is 0 Å². The Balaban J connectivity index is 1.65. The topological polar surface area (TPSA) is 9.86 Å². The van der Waals surface area contributed by atoms with Gasteiger partial charge in [-0.15, -0.1) is 0 Å². The highest BCUT2D eigenvalue weighted by Gasteiger charge is 2.12. The molecule has 0 N–H and O–H groups in total. The smallest absolute Gasteiger partial charge is 0.0488 e. The summed E-state index contributed by atoms with van der Waals surface area (Å²) in [5.74, 6) is 0. The Kier molecular flexibility index (Phi) is 3.33. The first kappa shape index (κ1) is 15.5. The number of nitrogens with zero attached hydrogens (tertiary/aromatic N) is 2. The lowest BCUT2D eigenvalue weighted by atomic mass is 10.1. The molecule has 6 rings (SSSR count). The number of hydrogen-bond acceptors (Lipinski definition) is 0. The van der Waals surface area contributed by atoms with Crippen molar-refractivity contribution in [2.24, 2.45) is 0 Å². The Labute approximate surface area is 164 Å². The van der Waals surface area contributed by atoms with Crippen LogP contribution in [0.25, 0.3) is 34.0 Å². The molecule has 3 heterocycles. The van der Waals surface area contributed by atoms with Gasteiger partial charge >= 0.3 is 0 Å². The van der Waals surface area contributed by atoms with Crippen molar-refractivity contribution < 1.29 is 0 Å². The first-order valence-corrected chi connectivity index (χ1v) is 9.78. The lowest BCUT2D eigenvalue weighted by molar-refractivity contribution is 0.810. The zero-order chi connectivity index (χ0) is 18.5. The molecule has 1 aliphatic heterocycles. The number of aromatic nitrogens is 2. The molecule has 0 aliphatic carbocycles. The molecule has 0 fully saturated rings. The van der Waals surface area contributed by atoms with Crippen LogP contribution in [0.3, 0.4) is 0 Å². The quantitative estimate of drug-likeness (QED) is 0.306. The molecule has 0 spiro atoms. The van der Waals surface area contributed by atoms with Gasteiger partial charge in [0, 0.05) is 46.3 Å². The minimum absolute atomic E-state index is 0.886. The van der Waals surface area contributed by atoms with Crippen LogP contribution in [0.15, 0.2) is 84.9 Å².